The SMILES string of the molecule is CN1CC=C(c2c(OCC(O)CN3CCNC(=O)C3)ccc3ccccc23)CC1.O=CO. The van der Waals surface area contributed by atoms with E-state index in [1.165, 1.54) is 16.3 Å². The topological polar surface area (TPSA) is 102 Å². The number of aliphatic hydroxyl groups is 1. The number of hydrogen-bond donors (Lipinski definition) is 3. The largest absolute Gasteiger partial charge is 0.490 e. The molecule has 3 N–H and O–H groups in total. The van der Waals surface area contributed by atoms with Crippen molar-refractivity contribution in [1.82, 2.24) is 15.1 Å². The molecule has 172 valence electrons. The van der Waals surface area contributed by atoms with Crippen molar-refractivity contribution >= 4 is 28.7 Å². The molecule has 2 aliphatic rings. The average molecular weight is 442 g/mol. The van der Waals surface area contributed by atoms with Crippen LogP contribution in [0.2, 0.25) is 0 Å². The van der Waals surface area contributed by atoms with Gasteiger partial charge in [0.15, 0.2) is 0 Å². The van der Waals surface area contributed by atoms with E-state index in [1.54, 1.807) is 0 Å². The lowest BCUT2D eigenvalue weighted by molar-refractivity contribution is -0.125. The summed E-state index contributed by atoms with van der Waals surface area (Å²) in [6, 6.07) is 12.5. The number of ether oxygens (including phenoxy) is 1. The van der Waals surface area contributed by atoms with Gasteiger partial charge in [-0.3, -0.25) is 14.5 Å². The molecule has 2 aromatic carbocycles. The molecule has 0 spiro atoms. The van der Waals surface area contributed by atoms with Gasteiger partial charge in [0.1, 0.15) is 18.5 Å². The molecule has 0 aromatic heterocycles. The van der Waals surface area contributed by atoms with Crippen LogP contribution in [-0.4, -0.2) is 91.4 Å². The number of aliphatic hydroxyl groups excluding tert-OH is 1. The summed E-state index contributed by atoms with van der Waals surface area (Å²) in [6.07, 6.45) is 2.61. The molecule has 1 fully saturated rings. The molecule has 4 rings (SSSR count). The van der Waals surface area contributed by atoms with Crippen molar-refractivity contribution in [3.63, 3.8) is 0 Å². The highest BCUT2D eigenvalue weighted by atomic mass is 16.5. The quantitative estimate of drug-likeness (QED) is 0.583. The molecule has 2 heterocycles. The Kier molecular flexibility index (Phi) is 8.61. The number of hydrogen-bond acceptors (Lipinski definition) is 6. The minimum absolute atomic E-state index is 0.00962. The predicted octanol–water partition coefficient (Wildman–Crippen LogP) is 1.43. The van der Waals surface area contributed by atoms with Crippen LogP contribution in [0.25, 0.3) is 16.3 Å². The second kappa shape index (κ2) is 11.6. The van der Waals surface area contributed by atoms with Gasteiger partial charge in [-0.1, -0.05) is 36.4 Å². The van der Waals surface area contributed by atoms with E-state index in [4.69, 9.17) is 14.6 Å². The fraction of sp³-hybridized carbons (Fsp3) is 0.417. The highest BCUT2D eigenvalue weighted by Crippen LogP contribution is 2.36. The van der Waals surface area contributed by atoms with Gasteiger partial charge in [-0.15, -0.1) is 0 Å². The Morgan fingerprint density at radius 3 is 2.72 bits per heavy atom. The molecule has 1 unspecified atom stereocenters. The van der Waals surface area contributed by atoms with E-state index in [0.717, 1.165) is 37.4 Å². The van der Waals surface area contributed by atoms with Crippen LogP contribution in [0.4, 0.5) is 0 Å². The molecule has 1 saturated heterocycles. The predicted molar refractivity (Wildman–Crippen MR) is 124 cm³/mol. The molecule has 2 aromatic rings. The summed E-state index contributed by atoms with van der Waals surface area (Å²) in [5.74, 6) is 0.824. The number of likely N-dealkylation sites (N-methyl/N-ethyl adjacent to an activating group) is 1. The lowest BCUT2D eigenvalue weighted by atomic mass is 9.93. The number of nitrogens with one attached hydrogen (secondary N) is 1. The Morgan fingerprint density at radius 2 is 2.00 bits per heavy atom. The first kappa shape index (κ1) is 23.7. The van der Waals surface area contributed by atoms with Gasteiger partial charge in [0.25, 0.3) is 6.47 Å². The summed E-state index contributed by atoms with van der Waals surface area (Å²) in [5.41, 5.74) is 2.44. The van der Waals surface area contributed by atoms with Crippen LogP contribution in [0.15, 0.2) is 42.5 Å². The number of benzene rings is 2. The van der Waals surface area contributed by atoms with Crippen LogP contribution < -0.4 is 10.1 Å². The Bertz CT molecular complexity index is 962. The summed E-state index contributed by atoms with van der Waals surface area (Å²) in [6.45, 7) is 4.05. The Labute approximate surface area is 188 Å². The molecule has 0 bridgehead atoms. The molecule has 0 radical (unpaired) electrons. The molecule has 0 saturated carbocycles. The third-order valence-electron chi connectivity index (χ3n) is 5.64. The van der Waals surface area contributed by atoms with Crippen LogP contribution >= 0.6 is 0 Å². The number of amides is 1. The Hall–Kier alpha value is -2.94. The van der Waals surface area contributed by atoms with Gasteiger partial charge < -0.3 is 25.2 Å². The first-order valence-corrected chi connectivity index (χ1v) is 10.8. The average Bonchev–Trinajstić information content (AvgIpc) is 2.78. The monoisotopic (exact) mass is 441 g/mol. The fourth-order valence-corrected chi connectivity index (χ4v) is 4.08. The molecular weight excluding hydrogens is 410 g/mol. The van der Waals surface area contributed by atoms with E-state index < -0.39 is 6.10 Å². The number of piperazine rings is 1. The van der Waals surface area contributed by atoms with Crippen molar-refractivity contribution in [2.75, 3.05) is 52.9 Å². The lowest BCUT2D eigenvalue weighted by Gasteiger charge is -2.28. The number of carbonyl (C=O) groups excluding carboxylic acids is 1. The molecular formula is C24H31N3O5. The lowest BCUT2D eigenvalue weighted by Crippen LogP contribution is -2.50. The zero-order valence-electron chi connectivity index (χ0n) is 18.4. The maximum absolute atomic E-state index is 11.5. The van der Waals surface area contributed by atoms with E-state index >= 15 is 0 Å². The highest BCUT2D eigenvalue weighted by molar-refractivity contribution is 5.96. The number of carboxylic acid groups (broad SMARTS) is 1. The van der Waals surface area contributed by atoms with Gasteiger partial charge in [-0.2, -0.15) is 0 Å². The van der Waals surface area contributed by atoms with Crippen molar-refractivity contribution < 1.29 is 24.5 Å². The molecule has 8 nitrogen and oxygen atoms in total. The molecule has 2 aliphatic heterocycles. The van der Waals surface area contributed by atoms with Crippen molar-refractivity contribution in [2.24, 2.45) is 0 Å². The van der Waals surface area contributed by atoms with E-state index in [9.17, 15) is 9.90 Å². The van der Waals surface area contributed by atoms with Crippen LogP contribution in [0.5, 0.6) is 5.75 Å². The minimum Gasteiger partial charge on any atom is -0.490 e. The van der Waals surface area contributed by atoms with Crippen LogP contribution in [0, 0.1) is 0 Å². The third kappa shape index (κ3) is 6.29. The van der Waals surface area contributed by atoms with E-state index in [2.05, 4.69) is 47.6 Å². The Balaban J connectivity index is 0.000000913. The smallest absolute Gasteiger partial charge is 0.290 e. The second-order valence-corrected chi connectivity index (χ2v) is 8.06. The van der Waals surface area contributed by atoms with Gasteiger partial charge >= 0.3 is 0 Å². The summed E-state index contributed by atoms with van der Waals surface area (Å²) in [7, 11) is 2.13. The molecule has 0 aliphatic carbocycles. The highest BCUT2D eigenvalue weighted by Gasteiger charge is 2.21. The fourth-order valence-electron chi connectivity index (χ4n) is 4.08. The van der Waals surface area contributed by atoms with Gasteiger partial charge in [-0.25, -0.2) is 0 Å². The van der Waals surface area contributed by atoms with Gasteiger partial charge in [0.2, 0.25) is 5.91 Å². The first-order chi connectivity index (χ1) is 15.5. The summed E-state index contributed by atoms with van der Waals surface area (Å²) >= 11 is 0. The third-order valence-corrected chi connectivity index (χ3v) is 5.64. The van der Waals surface area contributed by atoms with E-state index in [1.807, 2.05) is 17.0 Å². The number of nitrogens with zero attached hydrogens (tertiary/aromatic N) is 2. The van der Waals surface area contributed by atoms with Crippen molar-refractivity contribution in [3.8, 4) is 5.75 Å². The second-order valence-electron chi connectivity index (χ2n) is 8.06. The molecule has 32 heavy (non-hydrogen) atoms. The normalized spacial score (nSPS) is 18.2. The number of carbonyl (C=O) groups is 2. The van der Waals surface area contributed by atoms with Gasteiger partial charge in [-0.05, 0) is 35.9 Å². The zero-order chi connectivity index (χ0) is 22.9. The van der Waals surface area contributed by atoms with E-state index in [-0.39, 0.29) is 19.0 Å². The molecule has 1 atom stereocenters. The summed E-state index contributed by atoms with van der Waals surface area (Å²) in [4.78, 5) is 24.2. The maximum atomic E-state index is 11.5. The number of fused-ring (bicyclic) bond motifs is 1. The van der Waals surface area contributed by atoms with Crippen LogP contribution in [-0.2, 0) is 9.59 Å². The van der Waals surface area contributed by atoms with Crippen molar-refractivity contribution in [2.45, 2.75) is 12.5 Å². The minimum atomic E-state index is -0.647. The molecule has 8 heteroatoms. The van der Waals surface area contributed by atoms with Crippen LogP contribution in [0.3, 0.4) is 0 Å². The first-order valence-electron chi connectivity index (χ1n) is 10.8. The van der Waals surface area contributed by atoms with Crippen molar-refractivity contribution in [3.05, 3.63) is 48.0 Å². The zero-order valence-corrected chi connectivity index (χ0v) is 18.4. The Morgan fingerprint density at radius 1 is 1.22 bits per heavy atom. The summed E-state index contributed by atoms with van der Waals surface area (Å²) < 4.78 is 6.12. The van der Waals surface area contributed by atoms with Crippen molar-refractivity contribution in [1.29, 1.82) is 0 Å². The van der Waals surface area contributed by atoms with E-state index in [0.29, 0.717) is 19.6 Å². The number of β-amino-alcohol motifs (C(OH)–C–C–N with tert-alkyl or cyclic N) is 1. The van der Waals surface area contributed by atoms with Crippen LogP contribution in [0.1, 0.15) is 12.0 Å². The van der Waals surface area contributed by atoms with Gasteiger partial charge in [0.05, 0.1) is 6.54 Å². The molecule has 1 amide bonds. The number of rotatable bonds is 6. The summed E-state index contributed by atoms with van der Waals surface area (Å²) in [5, 5.41) is 22.5. The maximum Gasteiger partial charge on any atom is 0.290 e. The standard InChI is InChI=1S/C23H29N3O3.CH2O2/c1-25-11-8-18(9-12-25)23-20-5-3-2-4-17(20)6-7-21(23)29-16-19(27)14-26-13-10-24-22(28)15-26;2-1-3/h2-8,19,27H,9-16H2,1H3,(H,24,28);1H,(H,2,3). The van der Waals surface area contributed by atoms with Gasteiger partial charge in [0, 0.05) is 38.3 Å².